The molecule has 0 spiro atoms. The SMILES string of the molecule is CCOC(=O)Cc1c(CC(C)C)n[nH]c1C. The Morgan fingerprint density at radius 3 is 2.75 bits per heavy atom. The highest BCUT2D eigenvalue weighted by atomic mass is 16.5. The van der Waals surface area contributed by atoms with Gasteiger partial charge in [0.25, 0.3) is 0 Å². The zero-order valence-electron chi connectivity index (χ0n) is 10.5. The van der Waals surface area contributed by atoms with Gasteiger partial charge in [-0.3, -0.25) is 9.89 Å². The first-order valence-electron chi connectivity index (χ1n) is 5.72. The Labute approximate surface area is 96.4 Å². The molecule has 0 saturated carbocycles. The van der Waals surface area contributed by atoms with Gasteiger partial charge in [0, 0.05) is 11.3 Å². The number of hydrogen-bond donors (Lipinski definition) is 1. The fraction of sp³-hybridized carbons (Fsp3) is 0.667. The first-order chi connectivity index (χ1) is 7.54. The van der Waals surface area contributed by atoms with Crippen molar-refractivity contribution in [3.8, 4) is 0 Å². The monoisotopic (exact) mass is 224 g/mol. The Morgan fingerprint density at radius 2 is 2.19 bits per heavy atom. The fourth-order valence-corrected chi connectivity index (χ4v) is 1.65. The van der Waals surface area contributed by atoms with Gasteiger partial charge in [0.15, 0.2) is 0 Å². The number of nitrogens with zero attached hydrogens (tertiary/aromatic N) is 1. The minimum absolute atomic E-state index is 0.183. The number of aromatic nitrogens is 2. The second kappa shape index (κ2) is 5.68. The molecule has 16 heavy (non-hydrogen) atoms. The Kier molecular flexibility index (Phi) is 4.52. The van der Waals surface area contributed by atoms with Gasteiger partial charge in [-0.1, -0.05) is 13.8 Å². The normalized spacial score (nSPS) is 10.8. The van der Waals surface area contributed by atoms with Crippen LogP contribution in [0.25, 0.3) is 0 Å². The molecule has 1 rings (SSSR count). The lowest BCUT2D eigenvalue weighted by molar-refractivity contribution is -0.142. The molecule has 1 N–H and O–H groups in total. The van der Waals surface area contributed by atoms with Crippen LogP contribution in [-0.4, -0.2) is 22.8 Å². The number of ether oxygens (including phenoxy) is 1. The van der Waals surface area contributed by atoms with Crippen LogP contribution in [0, 0.1) is 12.8 Å². The van der Waals surface area contributed by atoms with Crippen LogP contribution >= 0.6 is 0 Å². The van der Waals surface area contributed by atoms with Crippen LogP contribution < -0.4 is 0 Å². The molecular formula is C12H20N2O2. The standard InChI is InChI=1S/C12H20N2O2/c1-5-16-12(15)7-10-9(4)13-14-11(10)6-8(2)3/h8H,5-7H2,1-4H3,(H,13,14). The third-order valence-corrected chi connectivity index (χ3v) is 2.39. The number of hydrogen-bond acceptors (Lipinski definition) is 3. The average molecular weight is 224 g/mol. The summed E-state index contributed by atoms with van der Waals surface area (Å²) in [7, 11) is 0. The van der Waals surface area contributed by atoms with E-state index in [0.29, 0.717) is 18.9 Å². The molecule has 4 heteroatoms. The number of carbonyl (C=O) groups is 1. The molecule has 0 atom stereocenters. The third-order valence-electron chi connectivity index (χ3n) is 2.39. The molecule has 90 valence electrons. The lowest BCUT2D eigenvalue weighted by Gasteiger charge is -2.06. The zero-order valence-corrected chi connectivity index (χ0v) is 10.5. The minimum Gasteiger partial charge on any atom is -0.466 e. The van der Waals surface area contributed by atoms with Crippen LogP contribution in [0.15, 0.2) is 0 Å². The van der Waals surface area contributed by atoms with Gasteiger partial charge in [-0.2, -0.15) is 5.10 Å². The van der Waals surface area contributed by atoms with E-state index in [2.05, 4.69) is 24.0 Å². The summed E-state index contributed by atoms with van der Waals surface area (Å²) in [6, 6.07) is 0. The molecule has 1 heterocycles. The van der Waals surface area contributed by atoms with Crippen LogP contribution in [0.3, 0.4) is 0 Å². The van der Waals surface area contributed by atoms with Crippen molar-refractivity contribution in [2.24, 2.45) is 5.92 Å². The van der Waals surface area contributed by atoms with Crippen LogP contribution in [0.1, 0.15) is 37.7 Å². The van der Waals surface area contributed by atoms with Crippen molar-refractivity contribution in [1.82, 2.24) is 10.2 Å². The molecular weight excluding hydrogens is 204 g/mol. The molecule has 4 nitrogen and oxygen atoms in total. The number of nitrogens with one attached hydrogen (secondary N) is 1. The van der Waals surface area contributed by atoms with E-state index in [1.54, 1.807) is 0 Å². The zero-order chi connectivity index (χ0) is 12.1. The van der Waals surface area contributed by atoms with Crippen molar-refractivity contribution >= 4 is 5.97 Å². The summed E-state index contributed by atoms with van der Waals surface area (Å²) in [5.41, 5.74) is 2.94. The Bertz CT molecular complexity index is 356. The number of aryl methyl sites for hydroxylation is 1. The molecule has 1 aromatic rings. The van der Waals surface area contributed by atoms with Crippen molar-refractivity contribution in [2.45, 2.75) is 40.5 Å². The highest BCUT2D eigenvalue weighted by Crippen LogP contribution is 2.15. The molecule has 0 saturated heterocycles. The Balaban J connectivity index is 2.77. The van der Waals surface area contributed by atoms with Gasteiger partial charge in [-0.15, -0.1) is 0 Å². The maximum atomic E-state index is 11.4. The first kappa shape index (κ1) is 12.7. The van der Waals surface area contributed by atoms with E-state index in [1.165, 1.54) is 0 Å². The minimum atomic E-state index is -0.183. The van der Waals surface area contributed by atoms with Crippen molar-refractivity contribution in [3.05, 3.63) is 17.0 Å². The first-order valence-corrected chi connectivity index (χ1v) is 5.72. The highest BCUT2D eigenvalue weighted by Gasteiger charge is 2.15. The summed E-state index contributed by atoms with van der Waals surface area (Å²) >= 11 is 0. The Hall–Kier alpha value is -1.32. The number of aromatic amines is 1. The number of esters is 1. The summed E-state index contributed by atoms with van der Waals surface area (Å²) in [6.07, 6.45) is 1.21. The average Bonchev–Trinajstić information content (AvgIpc) is 2.49. The molecule has 1 aromatic heterocycles. The summed E-state index contributed by atoms with van der Waals surface area (Å²) in [5.74, 6) is 0.348. The van der Waals surface area contributed by atoms with Crippen LogP contribution in [-0.2, 0) is 22.4 Å². The van der Waals surface area contributed by atoms with Gasteiger partial charge in [0.1, 0.15) is 0 Å². The summed E-state index contributed by atoms with van der Waals surface area (Å²) < 4.78 is 4.95. The smallest absolute Gasteiger partial charge is 0.310 e. The van der Waals surface area contributed by atoms with Crippen molar-refractivity contribution in [1.29, 1.82) is 0 Å². The van der Waals surface area contributed by atoms with E-state index < -0.39 is 0 Å². The van der Waals surface area contributed by atoms with E-state index in [4.69, 9.17) is 4.74 Å². The number of rotatable bonds is 5. The topological polar surface area (TPSA) is 55.0 Å². The van der Waals surface area contributed by atoms with Gasteiger partial charge >= 0.3 is 5.97 Å². The van der Waals surface area contributed by atoms with E-state index >= 15 is 0 Å². The Morgan fingerprint density at radius 1 is 1.50 bits per heavy atom. The fourth-order valence-electron chi connectivity index (χ4n) is 1.65. The van der Waals surface area contributed by atoms with E-state index in [9.17, 15) is 4.79 Å². The summed E-state index contributed by atoms with van der Waals surface area (Å²) in [6.45, 7) is 8.45. The van der Waals surface area contributed by atoms with E-state index in [0.717, 1.165) is 23.4 Å². The molecule has 0 aliphatic rings. The largest absolute Gasteiger partial charge is 0.466 e. The molecule has 0 aliphatic carbocycles. The lowest BCUT2D eigenvalue weighted by Crippen LogP contribution is -2.10. The number of carbonyl (C=O) groups excluding carboxylic acids is 1. The van der Waals surface area contributed by atoms with Crippen molar-refractivity contribution in [3.63, 3.8) is 0 Å². The predicted octanol–water partition coefficient (Wildman–Crippen LogP) is 2.02. The quantitative estimate of drug-likeness (QED) is 0.778. The van der Waals surface area contributed by atoms with Gasteiger partial charge in [0.2, 0.25) is 0 Å². The second-order valence-electron chi connectivity index (χ2n) is 4.35. The molecule has 0 fully saturated rings. The summed E-state index contributed by atoms with van der Waals surface area (Å²) in [4.78, 5) is 11.4. The number of H-pyrrole nitrogens is 1. The third kappa shape index (κ3) is 3.36. The molecule has 0 amide bonds. The van der Waals surface area contributed by atoms with Crippen molar-refractivity contribution in [2.75, 3.05) is 6.61 Å². The van der Waals surface area contributed by atoms with Gasteiger partial charge < -0.3 is 4.74 Å². The highest BCUT2D eigenvalue weighted by molar-refractivity contribution is 5.73. The molecule has 0 bridgehead atoms. The lowest BCUT2D eigenvalue weighted by atomic mass is 10.0. The van der Waals surface area contributed by atoms with Gasteiger partial charge in [-0.05, 0) is 26.2 Å². The molecule has 0 aromatic carbocycles. The predicted molar refractivity (Wildman–Crippen MR) is 62.2 cm³/mol. The molecule has 0 radical (unpaired) electrons. The van der Waals surface area contributed by atoms with Gasteiger partial charge in [0.05, 0.1) is 18.7 Å². The maximum absolute atomic E-state index is 11.4. The van der Waals surface area contributed by atoms with Crippen LogP contribution in [0.5, 0.6) is 0 Å². The van der Waals surface area contributed by atoms with Crippen molar-refractivity contribution < 1.29 is 9.53 Å². The van der Waals surface area contributed by atoms with E-state index in [1.807, 2.05) is 13.8 Å². The second-order valence-corrected chi connectivity index (χ2v) is 4.35. The molecule has 0 aliphatic heterocycles. The molecule has 0 unspecified atom stereocenters. The van der Waals surface area contributed by atoms with Gasteiger partial charge in [-0.25, -0.2) is 0 Å². The van der Waals surface area contributed by atoms with Crippen LogP contribution in [0.2, 0.25) is 0 Å². The maximum Gasteiger partial charge on any atom is 0.310 e. The summed E-state index contributed by atoms with van der Waals surface area (Å²) in [5, 5.41) is 7.17. The van der Waals surface area contributed by atoms with Crippen LogP contribution in [0.4, 0.5) is 0 Å². The van der Waals surface area contributed by atoms with E-state index in [-0.39, 0.29) is 5.97 Å².